The number of ether oxygens (including phenoxy) is 1. The lowest BCUT2D eigenvalue weighted by Crippen LogP contribution is -2.39. The zero-order valence-corrected chi connectivity index (χ0v) is 23.4. The number of benzene rings is 2. The fourth-order valence-electron chi connectivity index (χ4n) is 4.23. The van der Waals surface area contributed by atoms with Gasteiger partial charge in [0.15, 0.2) is 4.80 Å². The van der Waals surface area contributed by atoms with Crippen LogP contribution in [-0.2, 0) is 14.3 Å². The van der Waals surface area contributed by atoms with Crippen LogP contribution in [0, 0.1) is 10.1 Å². The Morgan fingerprint density at radius 1 is 1.19 bits per heavy atom. The Bertz CT molecular complexity index is 1880. The molecule has 1 atom stereocenters. The van der Waals surface area contributed by atoms with E-state index < -0.39 is 22.9 Å². The number of carboxylic acid groups (broad SMARTS) is 1. The fraction of sp³-hybridized carbons (Fsp3) is 0.133. The van der Waals surface area contributed by atoms with Crippen molar-refractivity contribution < 1.29 is 28.8 Å². The minimum atomic E-state index is -0.833. The molecule has 0 saturated heterocycles. The summed E-state index contributed by atoms with van der Waals surface area (Å²) in [6.07, 6.45) is 3.08. The molecule has 0 radical (unpaired) electrons. The van der Waals surface area contributed by atoms with E-state index in [9.17, 15) is 19.7 Å². The standard InChI is InChI=1S/C28H21N3O6S.C2H4O2/c1-3-14-36-27(33)24-17(2)29-28-30(25(24)18-8-5-4-6-9-18)26(32)23(38-28)16-21-12-13-22(37-21)19-10-7-11-20(15-19)31(34)35;1-2(3)4/h3-13,15-16,25H,1,14H2,2H3;1H3,(H,3,4)/b23-16+;. The highest BCUT2D eigenvalue weighted by Crippen LogP contribution is 2.30. The molecule has 1 unspecified atom stereocenters. The number of hydrogen-bond acceptors (Lipinski definition) is 9. The number of fused-ring (bicyclic) bond motifs is 1. The number of hydrogen-bond donors (Lipinski definition) is 1. The number of nitro groups is 1. The van der Waals surface area contributed by atoms with Gasteiger partial charge >= 0.3 is 5.97 Å². The molecule has 11 nitrogen and oxygen atoms in total. The van der Waals surface area contributed by atoms with Crippen molar-refractivity contribution in [2.24, 2.45) is 4.99 Å². The van der Waals surface area contributed by atoms with Crippen molar-refractivity contribution in [3.05, 3.63) is 132 Å². The number of carbonyl (C=O) groups is 2. The molecule has 12 heteroatoms. The van der Waals surface area contributed by atoms with Crippen molar-refractivity contribution in [3.8, 4) is 11.3 Å². The summed E-state index contributed by atoms with van der Waals surface area (Å²) in [4.78, 5) is 51.3. The second-order valence-corrected chi connectivity index (χ2v) is 9.92. The molecule has 1 aliphatic rings. The molecule has 1 N–H and O–H groups in total. The molecule has 214 valence electrons. The van der Waals surface area contributed by atoms with Gasteiger partial charge < -0.3 is 14.3 Å². The Hall–Kier alpha value is -5.36. The van der Waals surface area contributed by atoms with Gasteiger partial charge in [-0.15, -0.1) is 0 Å². The Balaban J connectivity index is 0.000000952. The molecular weight excluding hydrogens is 562 g/mol. The van der Waals surface area contributed by atoms with Gasteiger partial charge in [-0.25, -0.2) is 9.79 Å². The van der Waals surface area contributed by atoms with Crippen molar-refractivity contribution in [1.82, 2.24) is 4.57 Å². The molecular formula is C30H25N3O8S. The highest BCUT2D eigenvalue weighted by Gasteiger charge is 2.33. The van der Waals surface area contributed by atoms with E-state index in [1.54, 1.807) is 37.3 Å². The number of allylic oxidation sites excluding steroid dienone is 1. The molecule has 0 bridgehead atoms. The number of carboxylic acids is 1. The normalized spacial score (nSPS) is 14.2. The first-order valence-corrected chi connectivity index (χ1v) is 13.3. The van der Waals surface area contributed by atoms with Gasteiger partial charge in [-0.1, -0.05) is 66.5 Å². The molecule has 1 aliphatic heterocycles. The van der Waals surface area contributed by atoms with Gasteiger partial charge in [-0.3, -0.25) is 24.3 Å². The van der Waals surface area contributed by atoms with Gasteiger partial charge in [-0.2, -0.15) is 0 Å². The lowest BCUT2D eigenvalue weighted by atomic mass is 9.96. The number of nitro benzene ring substituents is 1. The van der Waals surface area contributed by atoms with E-state index in [1.165, 1.54) is 34.1 Å². The SMILES string of the molecule is C=CCOC(=O)C1=C(C)N=c2s/c(=C/c3ccc(-c4cccc([N+](=O)[O-])c4)o3)c(=O)n2C1c1ccccc1.CC(=O)O. The molecule has 42 heavy (non-hydrogen) atoms. The zero-order valence-electron chi connectivity index (χ0n) is 22.6. The predicted molar refractivity (Wildman–Crippen MR) is 155 cm³/mol. The summed E-state index contributed by atoms with van der Waals surface area (Å²) in [6, 6.07) is 18.0. The molecule has 4 aromatic rings. The largest absolute Gasteiger partial charge is 0.481 e. The van der Waals surface area contributed by atoms with Gasteiger partial charge in [0.25, 0.3) is 17.2 Å². The summed E-state index contributed by atoms with van der Waals surface area (Å²) < 4.78 is 13.1. The van der Waals surface area contributed by atoms with E-state index in [1.807, 2.05) is 30.3 Å². The van der Waals surface area contributed by atoms with Crippen molar-refractivity contribution in [2.75, 3.05) is 6.61 Å². The maximum Gasteiger partial charge on any atom is 0.338 e. The lowest BCUT2D eigenvalue weighted by molar-refractivity contribution is -0.384. The van der Waals surface area contributed by atoms with Crippen molar-refractivity contribution in [2.45, 2.75) is 19.9 Å². The third kappa shape index (κ3) is 6.50. The number of thiazole rings is 1. The van der Waals surface area contributed by atoms with Gasteiger partial charge in [0.2, 0.25) is 0 Å². The predicted octanol–water partition coefficient (Wildman–Crippen LogP) is 4.22. The van der Waals surface area contributed by atoms with Crippen LogP contribution in [0.15, 0.2) is 105 Å². The number of rotatable bonds is 7. The molecule has 0 aliphatic carbocycles. The smallest absolute Gasteiger partial charge is 0.338 e. The quantitative estimate of drug-likeness (QED) is 0.146. The van der Waals surface area contributed by atoms with E-state index >= 15 is 0 Å². The van der Waals surface area contributed by atoms with E-state index in [2.05, 4.69) is 11.6 Å². The number of aliphatic carboxylic acids is 1. The van der Waals surface area contributed by atoms with Crippen LogP contribution in [0.3, 0.4) is 0 Å². The molecule has 0 saturated carbocycles. The second kappa shape index (κ2) is 12.9. The third-order valence-corrected chi connectivity index (χ3v) is 6.91. The summed E-state index contributed by atoms with van der Waals surface area (Å²) >= 11 is 1.18. The number of aromatic nitrogens is 1. The Morgan fingerprint density at radius 3 is 2.57 bits per heavy atom. The van der Waals surface area contributed by atoms with Crippen LogP contribution in [0.2, 0.25) is 0 Å². The fourth-order valence-corrected chi connectivity index (χ4v) is 5.26. The van der Waals surface area contributed by atoms with Crippen molar-refractivity contribution >= 4 is 35.0 Å². The van der Waals surface area contributed by atoms with Crippen molar-refractivity contribution in [3.63, 3.8) is 0 Å². The Kier molecular flexibility index (Phi) is 9.08. The molecule has 2 aromatic heterocycles. The maximum atomic E-state index is 13.7. The van der Waals surface area contributed by atoms with Gasteiger partial charge in [0, 0.05) is 30.7 Å². The summed E-state index contributed by atoms with van der Waals surface area (Å²) in [5.74, 6) is -0.575. The maximum absolute atomic E-state index is 13.7. The minimum Gasteiger partial charge on any atom is -0.481 e. The van der Waals surface area contributed by atoms with E-state index in [4.69, 9.17) is 19.1 Å². The monoisotopic (exact) mass is 587 g/mol. The molecule has 0 spiro atoms. The number of nitrogens with zero attached hydrogens (tertiary/aromatic N) is 3. The van der Waals surface area contributed by atoms with Crippen LogP contribution in [0.25, 0.3) is 17.4 Å². The average Bonchev–Trinajstić information content (AvgIpc) is 3.55. The highest BCUT2D eigenvalue weighted by atomic mass is 32.1. The van der Waals surface area contributed by atoms with Crippen LogP contribution in [0.5, 0.6) is 0 Å². The number of carbonyl (C=O) groups excluding carboxylic acids is 1. The van der Waals surface area contributed by atoms with Crippen LogP contribution in [0.4, 0.5) is 5.69 Å². The van der Waals surface area contributed by atoms with Crippen LogP contribution in [-0.4, -0.2) is 33.1 Å². The second-order valence-electron chi connectivity index (χ2n) is 8.91. The topological polar surface area (TPSA) is 154 Å². The first kappa shape index (κ1) is 29.6. The minimum absolute atomic E-state index is 0.0347. The number of esters is 1. The molecule has 2 aromatic carbocycles. The van der Waals surface area contributed by atoms with Crippen LogP contribution >= 0.6 is 11.3 Å². The average molecular weight is 588 g/mol. The highest BCUT2D eigenvalue weighted by molar-refractivity contribution is 7.07. The molecule has 0 fully saturated rings. The van der Waals surface area contributed by atoms with Crippen LogP contribution in [0.1, 0.15) is 31.2 Å². The van der Waals surface area contributed by atoms with E-state index in [0.717, 1.165) is 12.5 Å². The van der Waals surface area contributed by atoms with E-state index in [-0.39, 0.29) is 23.4 Å². The molecule has 3 heterocycles. The zero-order chi connectivity index (χ0) is 30.4. The lowest BCUT2D eigenvalue weighted by Gasteiger charge is -2.24. The van der Waals surface area contributed by atoms with Crippen molar-refractivity contribution in [1.29, 1.82) is 0 Å². The third-order valence-electron chi connectivity index (χ3n) is 5.93. The Labute approximate surface area is 242 Å². The summed E-state index contributed by atoms with van der Waals surface area (Å²) in [6.45, 7) is 6.42. The first-order chi connectivity index (χ1) is 20.1. The number of furan rings is 1. The van der Waals surface area contributed by atoms with Gasteiger partial charge in [0.1, 0.15) is 18.1 Å². The van der Waals surface area contributed by atoms with E-state index in [0.29, 0.717) is 32.1 Å². The molecule has 5 rings (SSSR count). The summed E-state index contributed by atoms with van der Waals surface area (Å²) in [7, 11) is 0. The number of non-ortho nitro benzene ring substituents is 1. The Morgan fingerprint density at radius 2 is 1.90 bits per heavy atom. The van der Waals surface area contributed by atoms with Gasteiger partial charge in [0.05, 0.1) is 26.8 Å². The summed E-state index contributed by atoms with van der Waals surface area (Å²) in [5.41, 5.74) is 1.65. The molecule has 0 amide bonds. The van der Waals surface area contributed by atoms with Crippen LogP contribution < -0.4 is 14.9 Å². The summed E-state index contributed by atoms with van der Waals surface area (Å²) in [5, 5.41) is 18.5. The van der Waals surface area contributed by atoms with Gasteiger partial charge in [-0.05, 0) is 24.6 Å². The first-order valence-electron chi connectivity index (χ1n) is 12.5.